The Kier molecular flexibility index (Phi) is 7.32. The lowest BCUT2D eigenvalue weighted by Gasteiger charge is -2.10. The molecule has 0 unspecified atom stereocenters. The first-order valence-corrected chi connectivity index (χ1v) is 7.00. The molecule has 3 N–H and O–H groups in total. The van der Waals surface area contributed by atoms with Gasteiger partial charge < -0.3 is 20.5 Å². The van der Waals surface area contributed by atoms with Gasteiger partial charge in [-0.15, -0.1) is 0 Å². The molecule has 0 aliphatic carbocycles. The largest absolute Gasteiger partial charge is 0.493 e. The molecular weight excluding hydrogens is 254 g/mol. The second-order valence-corrected chi connectivity index (χ2v) is 4.52. The zero-order valence-corrected chi connectivity index (χ0v) is 12.6. The summed E-state index contributed by atoms with van der Waals surface area (Å²) in [6.07, 6.45) is 4.74. The van der Waals surface area contributed by atoms with Crippen LogP contribution >= 0.6 is 0 Å². The van der Waals surface area contributed by atoms with Crippen molar-refractivity contribution in [1.29, 1.82) is 0 Å². The molecular formula is C15H25N3O2. The molecule has 112 valence electrons. The maximum Gasteiger partial charge on any atom is 0.193 e. The summed E-state index contributed by atoms with van der Waals surface area (Å²) in [5.74, 6) is 1.77. The average molecular weight is 279 g/mol. The van der Waals surface area contributed by atoms with Crippen molar-refractivity contribution in [3.05, 3.63) is 18.2 Å². The van der Waals surface area contributed by atoms with Gasteiger partial charge in [0, 0.05) is 18.3 Å². The van der Waals surface area contributed by atoms with Crippen LogP contribution in [0.5, 0.6) is 11.5 Å². The van der Waals surface area contributed by atoms with Crippen molar-refractivity contribution in [2.24, 2.45) is 10.7 Å². The maximum atomic E-state index is 5.85. The fraction of sp³-hybridized carbons (Fsp3) is 0.533. The molecule has 0 atom stereocenters. The second-order valence-electron chi connectivity index (χ2n) is 4.52. The third kappa shape index (κ3) is 5.38. The van der Waals surface area contributed by atoms with E-state index in [4.69, 9.17) is 15.2 Å². The molecule has 0 spiro atoms. The Morgan fingerprint density at radius 3 is 2.55 bits per heavy atom. The predicted octanol–water partition coefficient (Wildman–Crippen LogP) is 3.01. The molecule has 0 aliphatic rings. The van der Waals surface area contributed by atoms with Crippen molar-refractivity contribution < 1.29 is 9.47 Å². The Morgan fingerprint density at radius 2 is 1.90 bits per heavy atom. The fourth-order valence-electron chi connectivity index (χ4n) is 1.84. The first-order chi connectivity index (χ1) is 9.71. The minimum absolute atomic E-state index is 0.425. The van der Waals surface area contributed by atoms with Gasteiger partial charge in [-0.25, -0.2) is 0 Å². The summed E-state index contributed by atoms with van der Waals surface area (Å²) in [5.41, 5.74) is 6.68. The highest BCUT2D eigenvalue weighted by Gasteiger charge is 2.04. The van der Waals surface area contributed by atoms with Crippen molar-refractivity contribution >= 4 is 11.6 Å². The molecule has 1 aromatic rings. The number of hydrogen-bond donors (Lipinski definition) is 2. The van der Waals surface area contributed by atoms with E-state index in [2.05, 4.69) is 17.2 Å². The topological polar surface area (TPSA) is 68.9 Å². The first-order valence-electron chi connectivity index (χ1n) is 7.00. The van der Waals surface area contributed by atoms with Gasteiger partial charge in [-0.1, -0.05) is 26.2 Å². The smallest absolute Gasteiger partial charge is 0.193 e. The van der Waals surface area contributed by atoms with Crippen molar-refractivity contribution in [3.8, 4) is 11.5 Å². The Hall–Kier alpha value is -1.91. The number of nitrogens with two attached hydrogens (primary N) is 1. The Labute approximate surface area is 121 Å². The molecule has 0 amide bonds. The van der Waals surface area contributed by atoms with Gasteiger partial charge in [0.15, 0.2) is 17.5 Å². The quantitative estimate of drug-likeness (QED) is 0.436. The number of nitrogens with zero attached hydrogens (tertiary/aromatic N) is 1. The van der Waals surface area contributed by atoms with Crippen molar-refractivity contribution in [2.45, 2.75) is 32.6 Å². The summed E-state index contributed by atoms with van der Waals surface area (Å²) < 4.78 is 10.4. The third-order valence-electron chi connectivity index (χ3n) is 2.95. The van der Waals surface area contributed by atoms with Gasteiger partial charge in [-0.2, -0.15) is 0 Å². The third-order valence-corrected chi connectivity index (χ3v) is 2.95. The lowest BCUT2D eigenvalue weighted by Crippen LogP contribution is -2.22. The monoisotopic (exact) mass is 279 g/mol. The second kappa shape index (κ2) is 9.07. The zero-order chi connectivity index (χ0) is 14.8. The minimum Gasteiger partial charge on any atom is -0.493 e. The summed E-state index contributed by atoms with van der Waals surface area (Å²) in [4.78, 5) is 4.30. The lowest BCUT2D eigenvalue weighted by molar-refractivity contribution is 0.355. The molecule has 0 aromatic heterocycles. The van der Waals surface area contributed by atoms with Crippen LogP contribution in [0.15, 0.2) is 23.2 Å². The van der Waals surface area contributed by atoms with Crippen molar-refractivity contribution in [2.75, 3.05) is 26.1 Å². The molecule has 0 heterocycles. The molecule has 20 heavy (non-hydrogen) atoms. The zero-order valence-electron chi connectivity index (χ0n) is 12.6. The number of aliphatic imine (C=N–C) groups is 1. The van der Waals surface area contributed by atoms with Crippen LogP contribution in [0.2, 0.25) is 0 Å². The van der Waals surface area contributed by atoms with Crippen LogP contribution < -0.4 is 20.5 Å². The van der Waals surface area contributed by atoms with Crippen LogP contribution in [0.3, 0.4) is 0 Å². The van der Waals surface area contributed by atoms with E-state index in [9.17, 15) is 0 Å². The van der Waals surface area contributed by atoms with Gasteiger partial charge in [-0.05, 0) is 18.6 Å². The van der Waals surface area contributed by atoms with E-state index >= 15 is 0 Å². The van der Waals surface area contributed by atoms with E-state index in [0.717, 1.165) is 18.7 Å². The Bertz CT molecular complexity index is 433. The summed E-state index contributed by atoms with van der Waals surface area (Å²) in [7, 11) is 3.21. The van der Waals surface area contributed by atoms with E-state index in [-0.39, 0.29) is 0 Å². The van der Waals surface area contributed by atoms with Crippen LogP contribution in [0.1, 0.15) is 32.6 Å². The van der Waals surface area contributed by atoms with Gasteiger partial charge in [-0.3, -0.25) is 4.99 Å². The highest BCUT2D eigenvalue weighted by Crippen LogP contribution is 2.29. The van der Waals surface area contributed by atoms with E-state index in [1.165, 1.54) is 19.3 Å². The Balaban J connectivity index is 2.52. The molecule has 0 bridgehead atoms. The minimum atomic E-state index is 0.425. The highest BCUT2D eigenvalue weighted by atomic mass is 16.5. The molecule has 0 saturated heterocycles. The summed E-state index contributed by atoms with van der Waals surface area (Å²) >= 11 is 0. The number of anilines is 1. The SMILES string of the molecule is CCCCCCN=C(N)Nc1ccc(OC)c(OC)c1. The molecule has 5 nitrogen and oxygen atoms in total. The van der Waals surface area contributed by atoms with Gasteiger partial charge in [0.05, 0.1) is 14.2 Å². The maximum absolute atomic E-state index is 5.85. The standard InChI is InChI=1S/C15H25N3O2/c1-4-5-6-7-10-17-15(16)18-12-8-9-13(19-2)14(11-12)20-3/h8-9,11H,4-7,10H2,1-3H3,(H3,16,17,18). The predicted molar refractivity (Wildman–Crippen MR) is 83.8 cm³/mol. The lowest BCUT2D eigenvalue weighted by atomic mass is 10.2. The molecule has 1 rings (SSSR count). The van der Waals surface area contributed by atoms with Gasteiger partial charge in [0.1, 0.15) is 0 Å². The van der Waals surface area contributed by atoms with Crippen LogP contribution in [-0.4, -0.2) is 26.7 Å². The van der Waals surface area contributed by atoms with Crippen LogP contribution in [0.4, 0.5) is 5.69 Å². The molecule has 0 radical (unpaired) electrons. The average Bonchev–Trinajstić information content (AvgIpc) is 2.46. The number of hydrogen-bond acceptors (Lipinski definition) is 3. The van der Waals surface area contributed by atoms with Crippen LogP contribution in [-0.2, 0) is 0 Å². The number of ether oxygens (including phenoxy) is 2. The summed E-state index contributed by atoms with van der Waals surface area (Å²) in [6.45, 7) is 2.95. The van der Waals surface area contributed by atoms with E-state index in [0.29, 0.717) is 17.5 Å². The number of guanidine groups is 1. The number of nitrogens with one attached hydrogen (secondary N) is 1. The van der Waals surface area contributed by atoms with Crippen LogP contribution in [0, 0.1) is 0 Å². The van der Waals surface area contributed by atoms with Gasteiger partial charge in [0.2, 0.25) is 0 Å². The van der Waals surface area contributed by atoms with Crippen molar-refractivity contribution in [3.63, 3.8) is 0 Å². The van der Waals surface area contributed by atoms with Gasteiger partial charge >= 0.3 is 0 Å². The summed E-state index contributed by atoms with van der Waals surface area (Å²) in [5, 5.41) is 3.05. The normalized spacial score (nSPS) is 11.2. The molecule has 1 aromatic carbocycles. The number of benzene rings is 1. The number of methoxy groups -OCH3 is 2. The fourth-order valence-corrected chi connectivity index (χ4v) is 1.84. The van der Waals surface area contributed by atoms with E-state index in [1.807, 2.05) is 18.2 Å². The van der Waals surface area contributed by atoms with Gasteiger partial charge in [0.25, 0.3) is 0 Å². The highest BCUT2D eigenvalue weighted by molar-refractivity contribution is 5.92. The molecule has 5 heteroatoms. The molecule has 0 saturated carbocycles. The van der Waals surface area contributed by atoms with E-state index < -0.39 is 0 Å². The first kappa shape index (κ1) is 16.1. The Morgan fingerprint density at radius 1 is 1.15 bits per heavy atom. The molecule has 0 aliphatic heterocycles. The summed E-state index contributed by atoms with van der Waals surface area (Å²) in [6, 6.07) is 5.54. The van der Waals surface area contributed by atoms with Crippen LogP contribution in [0.25, 0.3) is 0 Å². The van der Waals surface area contributed by atoms with E-state index in [1.54, 1.807) is 14.2 Å². The number of unbranched alkanes of at least 4 members (excludes halogenated alkanes) is 3. The molecule has 0 fully saturated rings. The number of rotatable bonds is 8. The van der Waals surface area contributed by atoms with Crippen molar-refractivity contribution in [1.82, 2.24) is 0 Å².